The molecule has 0 saturated carbocycles. The van der Waals surface area contributed by atoms with Crippen molar-refractivity contribution >= 4 is 46.7 Å². The fraction of sp³-hybridized carbons (Fsp3) is 0.565. The summed E-state index contributed by atoms with van der Waals surface area (Å²) in [4.78, 5) is 14.0. The van der Waals surface area contributed by atoms with Crippen molar-refractivity contribution in [3.63, 3.8) is 0 Å². The first-order valence-corrected chi connectivity index (χ1v) is 10.7. The largest absolute Gasteiger partial charge is 0.381 e. The van der Waals surface area contributed by atoms with Crippen LogP contribution in [0.2, 0.25) is 0 Å². The number of para-hydroxylation sites is 1. The van der Waals surface area contributed by atoms with E-state index in [9.17, 15) is 0 Å². The molecule has 1 aliphatic rings. The van der Waals surface area contributed by atoms with Gasteiger partial charge in [-0.05, 0) is 49.8 Å². The Morgan fingerprint density at radius 3 is 2.63 bits per heavy atom. The second-order valence-corrected chi connectivity index (χ2v) is 7.99. The molecule has 0 unspecified atom stereocenters. The van der Waals surface area contributed by atoms with Crippen molar-refractivity contribution in [1.82, 2.24) is 15.2 Å². The Labute approximate surface area is 198 Å². The van der Waals surface area contributed by atoms with E-state index in [0.717, 1.165) is 49.5 Å². The zero-order chi connectivity index (χ0) is 20.6. The number of nitrogens with one attached hydrogen (secondary N) is 1. The summed E-state index contributed by atoms with van der Waals surface area (Å²) in [6, 6.07) is 10.5. The number of hydrogen-bond acceptors (Lipinski definition) is 4. The van der Waals surface area contributed by atoms with Gasteiger partial charge in [-0.15, -0.1) is 24.0 Å². The van der Waals surface area contributed by atoms with E-state index in [2.05, 4.69) is 48.5 Å². The Morgan fingerprint density at radius 2 is 1.93 bits per heavy atom. The monoisotopic (exact) mass is 525 g/mol. The molecule has 2 aromatic rings. The molecular weight excluding hydrogens is 489 g/mol. The molecule has 0 amide bonds. The first-order chi connectivity index (χ1) is 14.1. The maximum atomic E-state index is 5.48. The Bertz CT molecular complexity index is 820. The number of ether oxygens (including phenoxy) is 1. The van der Waals surface area contributed by atoms with Gasteiger partial charge in [0.2, 0.25) is 0 Å². The van der Waals surface area contributed by atoms with E-state index in [1.807, 2.05) is 25.1 Å². The van der Waals surface area contributed by atoms with Crippen molar-refractivity contribution in [1.29, 1.82) is 0 Å². The van der Waals surface area contributed by atoms with Crippen molar-refractivity contribution < 1.29 is 4.74 Å². The third kappa shape index (κ3) is 6.70. The maximum Gasteiger partial charge on any atom is 0.193 e. The van der Waals surface area contributed by atoms with Gasteiger partial charge in [0.05, 0.1) is 12.1 Å². The number of halogens is 1. The Kier molecular flexibility index (Phi) is 10.1. The second kappa shape index (κ2) is 12.3. The van der Waals surface area contributed by atoms with Crippen LogP contribution in [0.4, 0.5) is 5.82 Å². The number of fused-ring (bicyclic) bond motifs is 1. The summed E-state index contributed by atoms with van der Waals surface area (Å²) in [7, 11) is 6.19. The highest BCUT2D eigenvalue weighted by Gasteiger charge is 2.15. The van der Waals surface area contributed by atoms with Crippen molar-refractivity contribution in [3.05, 3.63) is 35.9 Å². The smallest absolute Gasteiger partial charge is 0.193 e. The molecule has 7 heteroatoms. The lowest BCUT2D eigenvalue weighted by Gasteiger charge is -2.27. The molecule has 1 aliphatic heterocycles. The summed E-state index contributed by atoms with van der Waals surface area (Å²) >= 11 is 0. The Hall–Kier alpha value is -1.61. The predicted molar refractivity (Wildman–Crippen MR) is 137 cm³/mol. The van der Waals surface area contributed by atoms with Crippen LogP contribution in [0, 0.1) is 5.92 Å². The van der Waals surface area contributed by atoms with E-state index >= 15 is 0 Å². The lowest BCUT2D eigenvalue weighted by Crippen LogP contribution is -2.40. The van der Waals surface area contributed by atoms with Crippen molar-refractivity contribution in [2.75, 3.05) is 52.3 Å². The fourth-order valence-corrected chi connectivity index (χ4v) is 3.74. The van der Waals surface area contributed by atoms with Crippen LogP contribution in [0.1, 0.15) is 31.7 Å². The minimum atomic E-state index is 0. The number of aliphatic imine (C=N–C) groups is 1. The number of pyridine rings is 1. The van der Waals surface area contributed by atoms with Crippen molar-refractivity contribution in [2.45, 2.75) is 32.7 Å². The molecule has 1 N–H and O–H groups in total. The third-order valence-corrected chi connectivity index (χ3v) is 5.56. The quantitative estimate of drug-likeness (QED) is 0.335. The van der Waals surface area contributed by atoms with Crippen LogP contribution in [0.3, 0.4) is 0 Å². The van der Waals surface area contributed by atoms with Gasteiger partial charge < -0.3 is 19.9 Å². The average molecular weight is 525 g/mol. The van der Waals surface area contributed by atoms with Crippen molar-refractivity contribution in [3.8, 4) is 0 Å². The number of anilines is 1. The van der Waals surface area contributed by atoms with Gasteiger partial charge in [-0.1, -0.05) is 18.2 Å². The fourth-order valence-electron chi connectivity index (χ4n) is 3.74. The molecule has 1 fully saturated rings. The number of guanidine groups is 1. The van der Waals surface area contributed by atoms with Gasteiger partial charge in [0.1, 0.15) is 5.82 Å². The normalized spacial score (nSPS) is 15.0. The number of aromatic nitrogens is 1. The van der Waals surface area contributed by atoms with Gasteiger partial charge in [-0.3, -0.25) is 0 Å². The first kappa shape index (κ1) is 24.7. The molecule has 0 atom stereocenters. The van der Waals surface area contributed by atoms with E-state index < -0.39 is 0 Å². The molecule has 0 radical (unpaired) electrons. The molecule has 1 aromatic carbocycles. The van der Waals surface area contributed by atoms with E-state index in [1.54, 1.807) is 0 Å². The minimum absolute atomic E-state index is 0. The zero-order valence-corrected chi connectivity index (χ0v) is 21.1. The highest BCUT2D eigenvalue weighted by molar-refractivity contribution is 14.0. The molecule has 0 bridgehead atoms. The summed E-state index contributed by atoms with van der Waals surface area (Å²) < 4.78 is 5.48. The van der Waals surface area contributed by atoms with Crippen LogP contribution in [-0.4, -0.2) is 63.3 Å². The molecular formula is C23H36IN5O. The molecule has 6 nitrogen and oxygen atoms in total. The second-order valence-electron chi connectivity index (χ2n) is 7.99. The highest BCUT2D eigenvalue weighted by Crippen LogP contribution is 2.23. The molecule has 2 heterocycles. The summed E-state index contributed by atoms with van der Waals surface area (Å²) in [6.45, 7) is 6.44. The highest BCUT2D eigenvalue weighted by atomic mass is 127. The van der Waals surface area contributed by atoms with E-state index in [-0.39, 0.29) is 24.0 Å². The van der Waals surface area contributed by atoms with Crippen LogP contribution in [0.15, 0.2) is 35.3 Å². The van der Waals surface area contributed by atoms with E-state index in [4.69, 9.17) is 14.7 Å². The molecule has 1 saturated heterocycles. The topological polar surface area (TPSA) is 53.0 Å². The third-order valence-electron chi connectivity index (χ3n) is 5.56. The average Bonchev–Trinajstić information content (AvgIpc) is 2.75. The van der Waals surface area contributed by atoms with E-state index in [0.29, 0.717) is 6.54 Å². The van der Waals surface area contributed by atoms with E-state index in [1.165, 1.54) is 30.2 Å². The standard InChI is InChI=1S/C23H35N5O.HI/c1-5-24-23(28(4)13-10-18-11-14-29-15-12-18)25-17-19-16-22(27(2)3)26-21-9-7-6-8-20(19)21;/h6-9,16,18H,5,10-15,17H2,1-4H3,(H,24,25);1H. The maximum absolute atomic E-state index is 5.48. The molecule has 0 spiro atoms. The van der Waals surface area contributed by atoms with Crippen LogP contribution in [-0.2, 0) is 11.3 Å². The first-order valence-electron chi connectivity index (χ1n) is 10.7. The zero-order valence-electron chi connectivity index (χ0n) is 18.7. The van der Waals surface area contributed by atoms with Gasteiger partial charge in [0.15, 0.2) is 5.96 Å². The van der Waals surface area contributed by atoms with Crippen LogP contribution in [0.5, 0.6) is 0 Å². The number of rotatable bonds is 7. The Morgan fingerprint density at radius 1 is 1.20 bits per heavy atom. The predicted octanol–water partition coefficient (Wildman–Crippen LogP) is 4.13. The van der Waals surface area contributed by atoms with Crippen LogP contribution < -0.4 is 10.2 Å². The number of nitrogens with zero attached hydrogens (tertiary/aromatic N) is 4. The van der Waals surface area contributed by atoms with Gasteiger partial charge in [-0.25, -0.2) is 9.98 Å². The molecule has 30 heavy (non-hydrogen) atoms. The van der Waals surface area contributed by atoms with Gasteiger partial charge in [-0.2, -0.15) is 0 Å². The lowest BCUT2D eigenvalue weighted by molar-refractivity contribution is 0.0625. The van der Waals surface area contributed by atoms with Crippen LogP contribution in [0.25, 0.3) is 10.9 Å². The minimum Gasteiger partial charge on any atom is -0.381 e. The summed E-state index contributed by atoms with van der Waals surface area (Å²) in [5.74, 6) is 2.69. The molecule has 0 aliphatic carbocycles. The number of hydrogen-bond donors (Lipinski definition) is 1. The summed E-state index contributed by atoms with van der Waals surface area (Å²) in [5.41, 5.74) is 2.22. The SMILES string of the molecule is CCNC(=NCc1cc(N(C)C)nc2ccccc12)N(C)CCC1CCOCC1.I. The van der Waals surface area contributed by atoms with Crippen molar-refractivity contribution in [2.24, 2.45) is 10.9 Å². The van der Waals surface area contributed by atoms with Gasteiger partial charge in [0.25, 0.3) is 0 Å². The molecule has 1 aromatic heterocycles. The summed E-state index contributed by atoms with van der Waals surface area (Å²) in [5, 5.41) is 4.62. The van der Waals surface area contributed by atoms with Gasteiger partial charge >= 0.3 is 0 Å². The van der Waals surface area contributed by atoms with Crippen LogP contribution >= 0.6 is 24.0 Å². The summed E-state index contributed by atoms with van der Waals surface area (Å²) in [6.07, 6.45) is 3.54. The van der Waals surface area contributed by atoms with Gasteiger partial charge in [0, 0.05) is 52.8 Å². The Balaban J connectivity index is 0.00000320. The molecule has 166 valence electrons. The molecule has 3 rings (SSSR count). The lowest BCUT2D eigenvalue weighted by atomic mass is 9.96. The number of benzene rings is 1.